The molecule has 0 saturated carbocycles. The van der Waals surface area contributed by atoms with Gasteiger partial charge in [0.1, 0.15) is 12.3 Å². The van der Waals surface area contributed by atoms with Gasteiger partial charge < -0.3 is 10.1 Å². The van der Waals surface area contributed by atoms with Crippen LogP contribution in [0.15, 0.2) is 54.7 Å². The second-order valence-electron chi connectivity index (χ2n) is 7.11. The molecule has 0 spiro atoms. The number of piperazine rings is 1. The van der Waals surface area contributed by atoms with Crippen molar-refractivity contribution in [2.45, 2.75) is 12.0 Å². The number of halogens is 2. The number of ether oxygens (including phenoxy) is 1. The van der Waals surface area contributed by atoms with Crippen molar-refractivity contribution in [3.8, 4) is 11.1 Å². The lowest BCUT2D eigenvalue weighted by atomic mass is 9.98. The lowest BCUT2D eigenvalue weighted by Crippen LogP contribution is -2.49. The lowest BCUT2D eigenvalue weighted by molar-refractivity contribution is 0.0743. The molecule has 0 bridgehead atoms. The van der Waals surface area contributed by atoms with Crippen LogP contribution in [0.4, 0.5) is 4.79 Å². The summed E-state index contributed by atoms with van der Waals surface area (Å²) < 4.78 is 5.81. The smallest absolute Gasteiger partial charge is 0.410 e. The first kappa shape index (κ1) is 22.1. The van der Waals surface area contributed by atoms with E-state index in [1.165, 1.54) is 22.3 Å². The number of aromatic nitrogens is 3. The van der Waals surface area contributed by atoms with Crippen molar-refractivity contribution in [2.24, 2.45) is 0 Å². The molecule has 1 fully saturated rings. The number of carbonyl (C=O) groups is 1. The average Bonchev–Trinajstić information content (AvgIpc) is 3.39. The molecule has 1 amide bonds. The summed E-state index contributed by atoms with van der Waals surface area (Å²) in [5, 5.41) is 13.9. The van der Waals surface area contributed by atoms with Gasteiger partial charge in [0.15, 0.2) is 0 Å². The third-order valence-electron chi connectivity index (χ3n) is 5.59. The van der Waals surface area contributed by atoms with Crippen molar-refractivity contribution in [2.75, 3.05) is 26.2 Å². The van der Waals surface area contributed by atoms with E-state index in [0.717, 1.165) is 12.2 Å². The van der Waals surface area contributed by atoms with Crippen molar-refractivity contribution in [1.29, 1.82) is 0 Å². The Hall–Kier alpha value is -2.61. The maximum absolute atomic E-state index is 12.9. The Kier molecular flexibility index (Phi) is 6.97. The van der Waals surface area contributed by atoms with Gasteiger partial charge in [-0.2, -0.15) is 15.4 Å². The lowest BCUT2D eigenvalue weighted by Gasteiger charge is -2.34. The molecule has 9 heteroatoms. The number of nitrogens with one attached hydrogen (secondary N) is 2. The van der Waals surface area contributed by atoms with Gasteiger partial charge in [0.05, 0.1) is 12.2 Å². The molecule has 1 atom stereocenters. The fourth-order valence-corrected chi connectivity index (χ4v) is 4.24. The first-order valence-electron chi connectivity index (χ1n) is 9.51. The zero-order chi connectivity index (χ0) is 18.9. The minimum absolute atomic E-state index is 0. The molecule has 1 aliphatic heterocycles. The number of rotatable bonds is 3. The summed E-state index contributed by atoms with van der Waals surface area (Å²) >= 11 is 0. The molecule has 30 heavy (non-hydrogen) atoms. The summed E-state index contributed by atoms with van der Waals surface area (Å²) in [6.45, 7) is 2.27. The van der Waals surface area contributed by atoms with Gasteiger partial charge in [0.25, 0.3) is 0 Å². The zero-order valence-corrected chi connectivity index (χ0v) is 17.8. The molecular formula is C21H23Cl2N5O2. The number of aromatic amines is 1. The third-order valence-corrected chi connectivity index (χ3v) is 5.59. The number of carbonyl (C=O) groups excluding carboxylic acids is 1. The largest absolute Gasteiger partial charge is 0.448 e. The van der Waals surface area contributed by atoms with Crippen molar-refractivity contribution in [3.05, 3.63) is 71.5 Å². The topological polar surface area (TPSA) is 83.1 Å². The highest BCUT2D eigenvalue weighted by Gasteiger charge is 2.33. The molecule has 0 radical (unpaired) electrons. The number of amides is 1. The summed E-state index contributed by atoms with van der Waals surface area (Å²) in [5.74, 6) is 0.0600. The van der Waals surface area contributed by atoms with Gasteiger partial charge in [-0.3, -0.25) is 4.90 Å². The predicted molar refractivity (Wildman–Crippen MR) is 118 cm³/mol. The van der Waals surface area contributed by atoms with Crippen LogP contribution in [0, 0.1) is 0 Å². The van der Waals surface area contributed by atoms with Crippen molar-refractivity contribution in [1.82, 2.24) is 25.6 Å². The fourth-order valence-electron chi connectivity index (χ4n) is 4.24. The van der Waals surface area contributed by atoms with E-state index in [2.05, 4.69) is 45.0 Å². The van der Waals surface area contributed by atoms with Crippen LogP contribution in [0.5, 0.6) is 0 Å². The van der Waals surface area contributed by atoms with E-state index in [9.17, 15) is 4.79 Å². The Morgan fingerprint density at radius 3 is 2.37 bits per heavy atom. The summed E-state index contributed by atoms with van der Waals surface area (Å²) in [6, 6.07) is 16.5. The van der Waals surface area contributed by atoms with Crippen molar-refractivity contribution < 1.29 is 9.53 Å². The summed E-state index contributed by atoms with van der Waals surface area (Å²) in [4.78, 5) is 14.6. The van der Waals surface area contributed by atoms with Crippen LogP contribution >= 0.6 is 24.8 Å². The van der Waals surface area contributed by atoms with E-state index in [4.69, 9.17) is 4.74 Å². The van der Waals surface area contributed by atoms with Crippen LogP contribution in [-0.4, -0.2) is 52.6 Å². The number of benzene rings is 2. The molecule has 2 aliphatic rings. The molecular weight excluding hydrogens is 425 g/mol. The van der Waals surface area contributed by atoms with Gasteiger partial charge >= 0.3 is 6.09 Å². The maximum Gasteiger partial charge on any atom is 0.410 e. The zero-order valence-electron chi connectivity index (χ0n) is 16.2. The van der Waals surface area contributed by atoms with Gasteiger partial charge in [0.2, 0.25) is 0 Å². The van der Waals surface area contributed by atoms with Gasteiger partial charge in [-0.15, -0.1) is 24.8 Å². The number of fused-ring (bicyclic) bond motifs is 3. The fraction of sp³-hybridized carbons (Fsp3) is 0.286. The average molecular weight is 448 g/mol. The minimum Gasteiger partial charge on any atom is -0.448 e. The quantitative estimate of drug-likeness (QED) is 0.641. The van der Waals surface area contributed by atoms with Gasteiger partial charge in [-0.05, 0) is 22.3 Å². The van der Waals surface area contributed by atoms with Gasteiger partial charge in [-0.25, -0.2) is 4.79 Å². The van der Waals surface area contributed by atoms with Crippen LogP contribution < -0.4 is 5.32 Å². The highest BCUT2D eigenvalue weighted by atomic mass is 35.5. The molecule has 1 aromatic heterocycles. The highest BCUT2D eigenvalue weighted by Crippen LogP contribution is 2.44. The molecule has 2 heterocycles. The monoisotopic (exact) mass is 447 g/mol. The van der Waals surface area contributed by atoms with Crippen molar-refractivity contribution >= 4 is 30.9 Å². The van der Waals surface area contributed by atoms with E-state index >= 15 is 0 Å². The Morgan fingerprint density at radius 2 is 1.73 bits per heavy atom. The van der Waals surface area contributed by atoms with Gasteiger partial charge in [0, 0.05) is 25.6 Å². The third kappa shape index (κ3) is 3.88. The number of hydrogen-bond acceptors (Lipinski definition) is 5. The normalized spacial score (nSPS) is 17.3. The predicted octanol–water partition coefficient (Wildman–Crippen LogP) is 3.54. The van der Waals surface area contributed by atoms with E-state index in [1.807, 2.05) is 24.3 Å². The molecule has 158 valence electrons. The van der Waals surface area contributed by atoms with Crippen LogP contribution in [-0.2, 0) is 4.74 Å². The Morgan fingerprint density at radius 1 is 1.07 bits per heavy atom. The Balaban J connectivity index is 0.00000128. The van der Waals surface area contributed by atoms with Crippen LogP contribution in [0.3, 0.4) is 0 Å². The molecule has 2 aromatic carbocycles. The molecule has 2 N–H and O–H groups in total. The number of nitrogens with zero attached hydrogens (tertiary/aromatic N) is 3. The highest BCUT2D eigenvalue weighted by molar-refractivity contribution is 5.85. The maximum atomic E-state index is 12.9. The van der Waals surface area contributed by atoms with Crippen LogP contribution in [0.25, 0.3) is 11.1 Å². The first-order chi connectivity index (χ1) is 13.8. The van der Waals surface area contributed by atoms with Crippen molar-refractivity contribution in [3.63, 3.8) is 0 Å². The molecule has 5 rings (SSSR count). The molecule has 3 aromatic rings. The number of hydrogen-bond donors (Lipinski definition) is 2. The second-order valence-corrected chi connectivity index (χ2v) is 7.11. The van der Waals surface area contributed by atoms with E-state index in [1.54, 1.807) is 11.1 Å². The molecule has 1 aliphatic carbocycles. The van der Waals surface area contributed by atoms with Crippen LogP contribution in [0.1, 0.15) is 28.8 Å². The SMILES string of the molecule is Cl.Cl.O=C(OCC1c2ccccc2-c2ccccc21)N1CCNCC1c1cn[nH]n1. The van der Waals surface area contributed by atoms with E-state index in [0.29, 0.717) is 19.7 Å². The van der Waals surface area contributed by atoms with E-state index in [-0.39, 0.29) is 42.9 Å². The summed E-state index contributed by atoms with van der Waals surface area (Å²) in [6.07, 6.45) is 1.35. The molecule has 7 nitrogen and oxygen atoms in total. The molecule has 1 unspecified atom stereocenters. The Bertz CT molecular complexity index is 953. The molecule has 1 saturated heterocycles. The Labute approximate surface area is 187 Å². The summed E-state index contributed by atoms with van der Waals surface area (Å²) in [7, 11) is 0. The second kappa shape index (κ2) is 9.47. The summed E-state index contributed by atoms with van der Waals surface area (Å²) in [5.41, 5.74) is 5.61. The minimum atomic E-state index is -0.309. The standard InChI is InChI=1S/C21H21N5O2.2ClH/c27-21(26-10-9-22-12-20(26)19-11-23-25-24-19)28-13-18-16-7-3-1-5-14(16)15-6-2-4-8-17(15)18;;/h1-8,11,18,20,22H,9-10,12-13H2,(H,23,24,25);2*1H. The van der Waals surface area contributed by atoms with E-state index < -0.39 is 0 Å². The van der Waals surface area contributed by atoms with Crippen LogP contribution in [0.2, 0.25) is 0 Å². The van der Waals surface area contributed by atoms with Gasteiger partial charge in [-0.1, -0.05) is 48.5 Å². The first-order valence-corrected chi connectivity index (χ1v) is 9.51. The number of H-pyrrole nitrogens is 1.